The fourth-order valence-electron chi connectivity index (χ4n) is 3.97. The molecule has 6 heteroatoms. The van der Waals surface area contributed by atoms with E-state index in [9.17, 15) is 4.79 Å². The second-order valence-corrected chi connectivity index (χ2v) is 7.70. The van der Waals surface area contributed by atoms with E-state index in [1.807, 2.05) is 36.9 Å². The summed E-state index contributed by atoms with van der Waals surface area (Å²) in [5.41, 5.74) is 2.02. The fourth-order valence-corrected chi connectivity index (χ4v) is 3.97. The Morgan fingerprint density at radius 1 is 0.962 bits per heavy atom. The molecule has 0 radical (unpaired) electrons. The van der Waals surface area contributed by atoms with Crippen molar-refractivity contribution >= 4 is 11.7 Å². The predicted octanol–water partition coefficient (Wildman–Crippen LogP) is 2.94. The maximum absolute atomic E-state index is 12.7. The minimum Gasteiger partial charge on any atom is -0.373 e. The molecule has 4 atom stereocenters. The highest BCUT2D eigenvalue weighted by Crippen LogP contribution is 2.21. The molecule has 0 aromatic heterocycles. The normalized spacial score (nSPS) is 30.2. The van der Waals surface area contributed by atoms with Crippen LogP contribution in [0.5, 0.6) is 0 Å². The number of carbonyl (C=O) groups excluding carboxylic acids is 1. The molecular weight excluding hydrogens is 330 g/mol. The molecule has 2 amide bonds. The molecule has 6 nitrogen and oxygen atoms in total. The summed E-state index contributed by atoms with van der Waals surface area (Å²) >= 11 is 0. The van der Waals surface area contributed by atoms with Crippen LogP contribution in [0.25, 0.3) is 0 Å². The van der Waals surface area contributed by atoms with Gasteiger partial charge in [-0.1, -0.05) is 18.2 Å². The van der Waals surface area contributed by atoms with Crippen LogP contribution in [0.15, 0.2) is 24.3 Å². The van der Waals surface area contributed by atoms with Gasteiger partial charge in [-0.2, -0.15) is 0 Å². The molecule has 1 aromatic carbocycles. The number of rotatable bonds is 3. The van der Waals surface area contributed by atoms with Crippen molar-refractivity contribution in [2.75, 3.05) is 31.5 Å². The van der Waals surface area contributed by atoms with Crippen LogP contribution in [0.3, 0.4) is 0 Å². The first-order chi connectivity index (χ1) is 12.4. The molecule has 2 heterocycles. The lowest BCUT2D eigenvalue weighted by atomic mass is 10.1. The van der Waals surface area contributed by atoms with Gasteiger partial charge in [0.25, 0.3) is 0 Å². The minimum absolute atomic E-state index is 0.0526. The Balaban J connectivity index is 1.66. The Kier molecular flexibility index (Phi) is 6.16. The zero-order chi connectivity index (χ0) is 18.7. The van der Waals surface area contributed by atoms with Crippen molar-refractivity contribution in [3.05, 3.63) is 29.8 Å². The topological polar surface area (TPSA) is 54.0 Å². The molecule has 144 valence electrons. The lowest BCUT2D eigenvalue weighted by Crippen LogP contribution is -2.49. The van der Waals surface area contributed by atoms with Crippen LogP contribution in [0.4, 0.5) is 10.5 Å². The van der Waals surface area contributed by atoms with Gasteiger partial charge in [-0.05, 0) is 39.3 Å². The third-order valence-electron chi connectivity index (χ3n) is 4.85. The maximum atomic E-state index is 12.7. The molecule has 0 aliphatic carbocycles. The van der Waals surface area contributed by atoms with Gasteiger partial charge >= 0.3 is 6.03 Å². The molecule has 2 fully saturated rings. The van der Waals surface area contributed by atoms with E-state index in [0.29, 0.717) is 13.1 Å². The Labute approximate surface area is 156 Å². The summed E-state index contributed by atoms with van der Waals surface area (Å²) in [4.78, 5) is 17.0. The average Bonchev–Trinajstić information content (AvgIpc) is 2.54. The summed E-state index contributed by atoms with van der Waals surface area (Å²) in [5.74, 6) is 0. The second-order valence-electron chi connectivity index (χ2n) is 7.70. The zero-order valence-electron chi connectivity index (χ0n) is 16.3. The van der Waals surface area contributed by atoms with E-state index < -0.39 is 0 Å². The van der Waals surface area contributed by atoms with Crippen LogP contribution in [-0.4, -0.2) is 66.4 Å². The number of hydrogen-bond acceptors (Lipinski definition) is 4. The SMILES string of the molecule is CC1CN(Cc2ccccc2NC(=O)N2CC(C)OC(C)C2)CC(C)O1. The third kappa shape index (κ3) is 4.96. The highest BCUT2D eigenvalue weighted by atomic mass is 16.5. The standard InChI is InChI=1S/C20H31N3O3/c1-14-9-22(10-15(2)25-14)13-18-7-5-6-8-19(18)21-20(24)23-11-16(3)26-17(4)12-23/h5-8,14-17H,9-13H2,1-4H3,(H,21,24). The summed E-state index contributed by atoms with van der Waals surface area (Å²) in [5, 5.41) is 3.11. The van der Waals surface area contributed by atoms with Crippen LogP contribution in [0, 0.1) is 0 Å². The summed E-state index contributed by atoms with van der Waals surface area (Å²) < 4.78 is 11.5. The van der Waals surface area contributed by atoms with Gasteiger partial charge < -0.3 is 19.7 Å². The third-order valence-corrected chi connectivity index (χ3v) is 4.85. The highest BCUT2D eigenvalue weighted by molar-refractivity contribution is 5.90. The number of para-hydroxylation sites is 1. The molecule has 26 heavy (non-hydrogen) atoms. The number of morpholine rings is 2. The molecule has 4 unspecified atom stereocenters. The number of benzene rings is 1. The van der Waals surface area contributed by atoms with Crippen LogP contribution in [0.1, 0.15) is 33.3 Å². The van der Waals surface area contributed by atoms with Crippen LogP contribution >= 0.6 is 0 Å². The van der Waals surface area contributed by atoms with E-state index >= 15 is 0 Å². The summed E-state index contributed by atoms with van der Waals surface area (Å²) in [6.07, 6.45) is 0.598. The lowest BCUT2D eigenvalue weighted by Gasteiger charge is -2.36. The van der Waals surface area contributed by atoms with Gasteiger partial charge in [-0.3, -0.25) is 4.90 Å². The van der Waals surface area contributed by atoms with E-state index in [2.05, 4.69) is 30.1 Å². The van der Waals surface area contributed by atoms with Gasteiger partial charge in [-0.15, -0.1) is 0 Å². The molecular formula is C20H31N3O3. The number of urea groups is 1. The smallest absolute Gasteiger partial charge is 0.322 e. The summed E-state index contributed by atoms with van der Waals surface area (Å²) in [6, 6.07) is 8.01. The van der Waals surface area contributed by atoms with Crippen molar-refractivity contribution in [1.29, 1.82) is 0 Å². The van der Waals surface area contributed by atoms with Crippen LogP contribution in [0.2, 0.25) is 0 Å². The van der Waals surface area contributed by atoms with Gasteiger partial charge in [0.15, 0.2) is 0 Å². The van der Waals surface area contributed by atoms with Gasteiger partial charge in [0.05, 0.1) is 24.4 Å². The monoisotopic (exact) mass is 361 g/mol. The van der Waals surface area contributed by atoms with Crippen LogP contribution < -0.4 is 5.32 Å². The Hall–Kier alpha value is -1.63. The first-order valence-electron chi connectivity index (χ1n) is 9.57. The molecule has 2 aliphatic rings. The van der Waals surface area contributed by atoms with Crippen molar-refractivity contribution in [2.24, 2.45) is 0 Å². The van der Waals surface area contributed by atoms with Gasteiger partial charge in [0.1, 0.15) is 0 Å². The number of amides is 2. The number of hydrogen-bond donors (Lipinski definition) is 1. The molecule has 2 aliphatic heterocycles. The maximum Gasteiger partial charge on any atom is 0.322 e. The number of nitrogens with one attached hydrogen (secondary N) is 1. The number of ether oxygens (including phenoxy) is 2. The Morgan fingerprint density at radius 2 is 1.50 bits per heavy atom. The molecule has 2 saturated heterocycles. The quantitative estimate of drug-likeness (QED) is 0.899. The predicted molar refractivity (Wildman–Crippen MR) is 102 cm³/mol. The largest absolute Gasteiger partial charge is 0.373 e. The van der Waals surface area contributed by atoms with E-state index in [0.717, 1.165) is 30.9 Å². The first kappa shape index (κ1) is 19.1. The molecule has 0 bridgehead atoms. The molecule has 1 N–H and O–H groups in total. The second kappa shape index (κ2) is 8.37. The molecule has 0 spiro atoms. The lowest BCUT2D eigenvalue weighted by molar-refractivity contribution is -0.0704. The number of anilines is 1. The van der Waals surface area contributed by atoms with Crippen molar-refractivity contribution < 1.29 is 14.3 Å². The number of carbonyl (C=O) groups is 1. The van der Waals surface area contributed by atoms with E-state index in [1.54, 1.807) is 0 Å². The minimum atomic E-state index is -0.0526. The Bertz CT molecular complexity index is 604. The average molecular weight is 361 g/mol. The molecule has 0 saturated carbocycles. The fraction of sp³-hybridized carbons (Fsp3) is 0.650. The highest BCUT2D eigenvalue weighted by Gasteiger charge is 2.27. The Morgan fingerprint density at radius 3 is 2.12 bits per heavy atom. The summed E-state index contributed by atoms with van der Waals surface area (Å²) in [7, 11) is 0. The van der Waals surface area contributed by atoms with E-state index in [1.165, 1.54) is 0 Å². The zero-order valence-corrected chi connectivity index (χ0v) is 16.3. The van der Waals surface area contributed by atoms with Crippen molar-refractivity contribution in [1.82, 2.24) is 9.80 Å². The molecule has 1 aromatic rings. The van der Waals surface area contributed by atoms with Crippen molar-refractivity contribution in [3.63, 3.8) is 0 Å². The van der Waals surface area contributed by atoms with E-state index in [4.69, 9.17) is 9.47 Å². The van der Waals surface area contributed by atoms with Gasteiger partial charge in [0.2, 0.25) is 0 Å². The first-order valence-corrected chi connectivity index (χ1v) is 9.57. The number of nitrogens with zero attached hydrogens (tertiary/aromatic N) is 2. The summed E-state index contributed by atoms with van der Waals surface area (Å²) in [6.45, 7) is 12.1. The van der Waals surface area contributed by atoms with E-state index in [-0.39, 0.29) is 30.4 Å². The molecule has 3 rings (SSSR count). The van der Waals surface area contributed by atoms with Crippen molar-refractivity contribution in [3.8, 4) is 0 Å². The van der Waals surface area contributed by atoms with Crippen LogP contribution in [-0.2, 0) is 16.0 Å². The van der Waals surface area contributed by atoms with Gasteiger partial charge in [0, 0.05) is 38.4 Å². The van der Waals surface area contributed by atoms with Gasteiger partial charge in [-0.25, -0.2) is 4.79 Å². The van der Waals surface area contributed by atoms with Crippen molar-refractivity contribution in [2.45, 2.75) is 58.7 Å².